The fourth-order valence-corrected chi connectivity index (χ4v) is 2.91. The molecule has 0 aliphatic heterocycles. The smallest absolute Gasteiger partial charge is 0.422 e. The zero-order valence-corrected chi connectivity index (χ0v) is 14.8. The third kappa shape index (κ3) is 6.06. The molecule has 27 heavy (non-hydrogen) atoms. The van der Waals surface area contributed by atoms with Crippen LogP contribution < -0.4 is 14.8 Å². The van der Waals surface area contributed by atoms with Crippen LogP contribution in [0.3, 0.4) is 0 Å². The molecule has 0 saturated heterocycles. The van der Waals surface area contributed by atoms with Gasteiger partial charge in [-0.15, -0.1) is 0 Å². The molecule has 0 radical (unpaired) electrons. The predicted octanol–water partition coefficient (Wildman–Crippen LogP) is 1.94. The number of nitrogens with one attached hydrogen (secondary N) is 2. The molecule has 2 rings (SSSR count). The Balaban J connectivity index is 2.17. The molecule has 13 heteroatoms. The van der Waals surface area contributed by atoms with E-state index in [0.29, 0.717) is 11.4 Å². The first-order valence-electron chi connectivity index (χ1n) is 7.27. The highest BCUT2D eigenvalue weighted by molar-refractivity contribution is 7.90. The highest BCUT2D eigenvalue weighted by Gasteiger charge is 2.31. The van der Waals surface area contributed by atoms with Gasteiger partial charge < -0.3 is 4.74 Å². The average molecular weight is 405 g/mol. The van der Waals surface area contributed by atoms with Gasteiger partial charge in [0, 0.05) is 17.6 Å². The van der Waals surface area contributed by atoms with E-state index in [1.165, 1.54) is 6.07 Å². The van der Waals surface area contributed by atoms with E-state index < -0.39 is 39.6 Å². The lowest BCUT2D eigenvalue weighted by Crippen LogP contribution is -2.35. The van der Waals surface area contributed by atoms with Crippen molar-refractivity contribution < 1.29 is 31.1 Å². The van der Waals surface area contributed by atoms with Crippen LogP contribution >= 0.6 is 0 Å². The number of sulfonamides is 1. The summed E-state index contributed by atoms with van der Waals surface area (Å²) in [6, 6.07) is 2.59. The van der Waals surface area contributed by atoms with Crippen LogP contribution in [0.25, 0.3) is 0 Å². The number of ether oxygens (including phenoxy) is 1. The minimum atomic E-state index is -4.68. The van der Waals surface area contributed by atoms with E-state index in [1.54, 1.807) is 24.6 Å². The van der Waals surface area contributed by atoms with Gasteiger partial charge in [-0.25, -0.2) is 24.5 Å². The largest absolute Gasteiger partial charge is 0.481 e. The molecule has 2 N–H and O–H groups in total. The lowest BCUT2D eigenvalue weighted by molar-refractivity contribution is -0.153. The van der Waals surface area contributed by atoms with Crippen LogP contribution in [0, 0.1) is 13.8 Å². The number of halogens is 3. The van der Waals surface area contributed by atoms with Crippen molar-refractivity contribution in [1.82, 2.24) is 19.7 Å². The molecule has 0 aromatic carbocycles. The van der Waals surface area contributed by atoms with E-state index in [9.17, 15) is 26.4 Å². The zero-order valence-electron chi connectivity index (χ0n) is 14.0. The number of alkyl halides is 3. The van der Waals surface area contributed by atoms with Crippen LogP contribution in [0.5, 0.6) is 5.75 Å². The maximum Gasteiger partial charge on any atom is 0.422 e. The third-order valence-corrected chi connectivity index (χ3v) is 4.09. The SMILES string of the molecule is Cc1cc(C)nc(NC(=O)NS(=O)(=O)c2ncccc2OCC(F)(F)F)n1. The summed E-state index contributed by atoms with van der Waals surface area (Å²) in [4.78, 5) is 23.2. The topological polar surface area (TPSA) is 123 Å². The van der Waals surface area contributed by atoms with Gasteiger partial charge >= 0.3 is 12.2 Å². The summed E-state index contributed by atoms with van der Waals surface area (Å²) in [7, 11) is -4.62. The number of carbonyl (C=O) groups is 1. The van der Waals surface area contributed by atoms with Crippen molar-refractivity contribution >= 4 is 22.0 Å². The average Bonchev–Trinajstić information content (AvgIpc) is 2.50. The molecule has 0 aliphatic carbocycles. The summed E-state index contributed by atoms with van der Waals surface area (Å²) in [6.07, 6.45) is -3.65. The van der Waals surface area contributed by atoms with Crippen LogP contribution in [-0.2, 0) is 10.0 Å². The van der Waals surface area contributed by atoms with Crippen LogP contribution in [0.2, 0.25) is 0 Å². The molecule has 2 heterocycles. The molecule has 9 nitrogen and oxygen atoms in total. The van der Waals surface area contributed by atoms with Gasteiger partial charge in [-0.3, -0.25) is 5.32 Å². The lowest BCUT2D eigenvalue weighted by atomic mass is 10.4. The van der Waals surface area contributed by atoms with Crippen LogP contribution in [0.15, 0.2) is 29.4 Å². The van der Waals surface area contributed by atoms with E-state index in [-0.39, 0.29) is 5.95 Å². The number of nitrogens with zero attached hydrogens (tertiary/aromatic N) is 3. The fraction of sp³-hybridized carbons (Fsp3) is 0.286. The Morgan fingerprint density at radius 3 is 2.44 bits per heavy atom. The van der Waals surface area contributed by atoms with Crippen molar-refractivity contribution in [2.24, 2.45) is 0 Å². The molecule has 0 fully saturated rings. The first-order chi connectivity index (χ1) is 12.5. The Hall–Kier alpha value is -2.96. The normalized spacial score (nSPS) is 11.7. The van der Waals surface area contributed by atoms with Gasteiger partial charge in [0.05, 0.1) is 0 Å². The summed E-state index contributed by atoms with van der Waals surface area (Å²) >= 11 is 0. The minimum absolute atomic E-state index is 0.144. The molecule has 2 aromatic heterocycles. The second kappa shape index (κ2) is 7.73. The van der Waals surface area contributed by atoms with E-state index in [4.69, 9.17) is 0 Å². The Morgan fingerprint density at radius 2 is 1.85 bits per heavy atom. The molecular weight excluding hydrogens is 391 g/mol. The van der Waals surface area contributed by atoms with Crippen molar-refractivity contribution in [3.05, 3.63) is 35.8 Å². The van der Waals surface area contributed by atoms with Crippen molar-refractivity contribution in [2.75, 3.05) is 11.9 Å². The van der Waals surface area contributed by atoms with Crippen LogP contribution in [-0.4, -0.2) is 42.2 Å². The lowest BCUT2D eigenvalue weighted by Gasteiger charge is -2.13. The molecule has 0 atom stereocenters. The maximum absolute atomic E-state index is 12.3. The Labute approximate surface area is 152 Å². The van der Waals surface area contributed by atoms with Crippen molar-refractivity contribution in [3.63, 3.8) is 0 Å². The maximum atomic E-state index is 12.3. The number of urea groups is 1. The molecule has 0 saturated carbocycles. The van der Waals surface area contributed by atoms with Crippen molar-refractivity contribution in [1.29, 1.82) is 0 Å². The van der Waals surface area contributed by atoms with E-state index >= 15 is 0 Å². The molecule has 146 valence electrons. The number of amides is 2. The second-order valence-corrected chi connectivity index (χ2v) is 6.84. The fourth-order valence-electron chi connectivity index (χ4n) is 1.93. The number of hydrogen-bond donors (Lipinski definition) is 2. The first kappa shape index (κ1) is 20.4. The van der Waals surface area contributed by atoms with Crippen LogP contribution in [0.4, 0.5) is 23.9 Å². The standard InChI is InChI=1S/C14H14F3N5O4S/c1-8-6-9(2)20-12(19-8)21-13(23)22-27(24,25)11-10(4-3-5-18-11)26-7-14(15,16)17/h3-6H,7H2,1-2H3,(H2,19,20,21,22,23). The molecule has 0 aliphatic rings. The predicted molar refractivity (Wildman–Crippen MR) is 86.6 cm³/mol. The summed E-state index contributed by atoms with van der Waals surface area (Å²) in [5.41, 5.74) is 1.07. The summed E-state index contributed by atoms with van der Waals surface area (Å²) in [6.45, 7) is 1.57. The van der Waals surface area contributed by atoms with Crippen LogP contribution in [0.1, 0.15) is 11.4 Å². The summed E-state index contributed by atoms with van der Waals surface area (Å²) in [5, 5.41) is 1.26. The quantitative estimate of drug-likeness (QED) is 0.779. The molecule has 2 aromatic rings. The van der Waals surface area contributed by atoms with Crippen molar-refractivity contribution in [3.8, 4) is 5.75 Å². The van der Waals surface area contributed by atoms with E-state index in [2.05, 4.69) is 25.0 Å². The van der Waals surface area contributed by atoms with Gasteiger partial charge in [-0.1, -0.05) is 0 Å². The van der Waals surface area contributed by atoms with E-state index in [0.717, 1.165) is 12.3 Å². The molecule has 0 bridgehead atoms. The van der Waals surface area contributed by atoms with Gasteiger partial charge in [0.1, 0.15) is 0 Å². The highest BCUT2D eigenvalue weighted by Crippen LogP contribution is 2.23. The number of anilines is 1. The molecule has 0 unspecified atom stereocenters. The van der Waals surface area contributed by atoms with Gasteiger partial charge in [-0.2, -0.15) is 21.6 Å². The second-order valence-electron chi connectivity index (χ2n) is 5.24. The molecule has 2 amide bonds. The molecular formula is C14H14F3N5O4S. The summed E-state index contributed by atoms with van der Waals surface area (Å²) < 4.78 is 67.5. The van der Waals surface area contributed by atoms with Gasteiger partial charge in [0.25, 0.3) is 10.0 Å². The molecule has 0 spiro atoms. The highest BCUT2D eigenvalue weighted by atomic mass is 32.2. The van der Waals surface area contributed by atoms with Crippen molar-refractivity contribution in [2.45, 2.75) is 25.0 Å². The third-order valence-electron chi connectivity index (χ3n) is 2.82. The number of carbonyl (C=O) groups excluding carboxylic acids is 1. The van der Waals surface area contributed by atoms with E-state index in [1.807, 2.05) is 0 Å². The number of hydrogen-bond acceptors (Lipinski definition) is 7. The number of aryl methyl sites for hydroxylation is 2. The van der Waals surface area contributed by atoms with Gasteiger partial charge in [0.15, 0.2) is 12.4 Å². The van der Waals surface area contributed by atoms with Gasteiger partial charge in [-0.05, 0) is 32.0 Å². The number of rotatable bonds is 5. The number of pyridine rings is 1. The Kier molecular flexibility index (Phi) is 5.83. The monoisotopic (exact) mass is 405 g/mol. The minimum Gasteiger partial charge on any atom is -0.481 e. The first-order valence-corrected chi connectivity index (χ1v) is 8.75. The zero-order chi connectivity index (χ0) is 20.2. The Morgan fingerprint density at radius 1 is 1.22 bits per heavy atom. The number of aromatic nitrogens is 3. The Bertz CT molecular complexity index is 930. The van der Waals surface area contributed by atoms with Gasteiger partial charge in [0.2, 0.25) is 11.0 Å². The summed E-state index contributed by atoms with van der Waals surface area (Å²) in [5.74, 6) is -0.799.